The highest BCUT2D eigenvalue weighted by Crippen LogP contribution is 2.37. The molecule has 0 radical (unpaired) electrons. The minimum Gasteiger partial charge on any atom is -0.487 e. The minimum atomic E-state index is -0.353. The third kappa shape index (κ3) is 3.59. The molecule has 2 aromatic rings. The van der Waals surface area contributed by atoms with Crippen LogP contribution in [0.5, 0.6) is 5.75 Å². The molecule has 6 heteroatoms. The SMILES string of the molecule is CC(=O)N1CCC[C@H]1C(=O)NC[C@@H]1Cc2cccc(-c3ccc(C)cn3)c2O1. The Hall–Kier alpha value is -2.89. The van der Waals surface area contributed by atoms with Crippen molar-refractivity contribution in [1.82, 2.24) is 15.2 Å². The number of para-hydroxylation sites is 1. The Morgan fingerprint density at radius 2 is 2.14 bits per heavy atom. The van der Waals surface area contributed by atoms with Gasteiger partial charge in [-0.1, -0.05) is 18.2 Å². The maximum absolute atomic E-state index is 12.5. The van der Waals surface area contributed by atoms with Gasteiger partial charge in [-0.15, -0.1) is 0 Å². The zero-order chi connectivity index (χ0) is 19.7. The predicted molar refractivity (Wildman–Crippen MR) is 106 cm³/mol. The van der Waals surface area contributed by atoms with Crippen molar-refractivity contribution in [2.45, 2.75) is 45.3 Å². The van der Waals surface area contributed by atoms with Crippen LogP contribution in [-0.2, 0) is 16.0 Å². The molecular formula is C22H25N3O3. The zero-order valence-electron chi connectivity index (χ0n) is 16.3. The lowest BCUT2D eigenvalue weighted by Gasteiger charge is -2.23. The van der Waals surface area contributed by atoms with Gasteiger partial charge in [0.2, 0.25) is 11.8 Å². The van der Waals surface area contributed by atoms with Crippen LogP contribution in [0.15, 0.2) is 36.5 Å². The molecule has 1 aromatic heterocycles. The molecule has 4 rings (SSSR count). The van der Waals surface area contributed by atoms with Crippen molar-refractivity contribution >= 4 is 11.8 Å². The fourth-order valence-corrected chi connectivity index (χ4v) is 4.03. The van der Waals surface area contributed by atoms with E-state index in [1.54, 1.807) is 4.90 Å². The largest absolute Gasteiger partial charge is 0.487 e. The number of benzene rings is 1. The van der Waals surface area contributed by atoms with Crippen molar-refractivity contribution in [2.24, 2.45) is 0 Å². The first-order chi connectivity index (χ1) is 13.5. The Labute approximate surface area is 164 Å². The summed E-state index contributed by atoms with van der Waals surface area (Å²) in [5.74, 6) is 0.717. The van der Waals surface area contributed by atoms with Gasteiger partial charge >= 0.3 is 0 Å². The molecule has 0 aliphatic carbocycles. The van der Waals surface area contributed by atoms with E-state index in [4.69, 9.17) is 4.74 Å². The number of pyridine rings is 1. The third-order valence-electron chi connectivity index (χ3n) is 5.48. The van der Waals surface area contributed by atoms with Crippen LogP contribution in [0.3, 0.4) is 0 Å². The molecule has 146 valence electrons. The van der Waals surface area contributed by atoms with Crippen LogP contribution < -0.4 is 10.1 Å². The van der Waals surface area contributed by atoms with E-state index < -0.39 is 0 Å². The number of fused-ring (bicyclic) bond motifs is 1. The first-order valence-electron chi connectivity index (χ1n) is 9.79. The molecule has 2 aliphatic rings. The highest BCUT2D eigenvalue weighted by molar-refractivity contribution is 5.87. The number of nitrogens with one attached hydrogen (secondary N) is 1. The number of rotatable bonds is 4. The standard InChI is InChI=1S/C22H25N3O3/c1-14-8-9-19(23-12-14)18-6-3-5-16-11-17(28-21(16)18)13-24-22(27)20-7-4-10-25(20)15(2)26/h3,5-6,8-9,12,17,20H,4,7,10-11,13H2,1-2H3,(H,24,27)/t17-,20-/m0/s1. The van der Waals surface area contributed by atoms with E-state index in [-0.39, 0.29) is 24.0 Å². The number of ether oxygens (including phenoxy) is 1. The van der Waals surface area contributed by atoms with Gasteiger partial charge in [0, 0.05) is 31.6 Å². The van der Waals surface area contributed by atoms with Gasteiger partial charge in [0.15, 0.2) is 0 Å². The molecule has 2 atom stereocenters. The van der Waals surface area contributed by atoms with Crippen molar-refractivity contribution < 1.29 is 14.3 Å². The summed E-state index contributed by atoms with van der Waals surface area (Å²) < 4.78 is 6.17. The van der Waals surface area contributed by atoms with Crippen LogP contribution in [0.25, 0.3) is 11.3 Å². The number of hydrogen-bond donors (Lipinski definition) is 1. The summed E-state index contributed by atoms with van der Waals surface area (Å²) in [5, 5.41) is 2.98. The molecule has 2 amide bonds. The van der Waals surface area contributed by atoms with E-state index in [1.807, 2.05) is 37.4 Å². The fraction of sp³-hybridized carbons (Fsp3) is 0.409. The number of carbonyl (C=O) groups excluding carboxylic acids is 2. The Kier molecular flexibility index (Phi) is 5.03. The van der Waals surface area contributed by atoms with Crippen LogP contribution in [0.2, 0.25) is 0 Å². The van der Waals surface area contributed by atoms with E-state index in [1.165, 1.54) is 6.92 Å². The second-order valence-electron chi connectivity index (χ2n) is 7.57. The first kappa shape index (κ1) is 18.5. The number of carbonyl (C=O) groups is 2. The second kappa shape index (κ2) is 7.62. The van der Waals surface area contributed by atoms with Gasteiger partial charge in [-0.3, -0.25) is 14.6 Å². The van der Waals surface area contributed by atoms with E-state index in [2.05, 4.69) is 16.4 Å². The van der Waals surface area contributed by atoms with Gasteiger partial charge in [0.05, 0.1) is 12.2 Å². The Morgan fingerprint density at radius 3 is 2.89 bits per heavy atom. The molecule has 0 unspecified atom stereocenters. The van der Waals surface area contributed by atoms with Crippen molar-refractivity contribution in [3.63, 3.8) is 0 Å². The number of nitrogens with zero attached hydrogens (tertiary/aromatic N) is 2. The Bertz CT molecular complexity index is 894. The third-order valence-corrected chi connectivity index (χ3v) is 5.48. The molecule has 1 saturated heterocycles. The quantitative estimate of drug-likeness (QED) is 0.886. The molecule has 1 N–H and O–H groups in total. The second-order valence-corrected chi connectivity index (χ2v) is 7.57. The highest BCUT2D eigenvalue weighted by Gasteiger charge is 2.33. The maximum Gasteiger partial charge on any atom is 0.242 e. The Balaban J connectivity index is 1.42. The molecular weight excluding hydrogens is 354 g/mol. The number of aryl methyl sites for hydroxylation is 1. The van der Waals surface area contributed by atoms with Crippen molar-refractivity contribution in [2.75, 3.05) is 13.1 Å². The van der Waals surface area contributed by atoms with Gasteiger partial charge < -0.3 is 15.0 Å². The summed E-state index contributed by atoms with van der Waals surface area (Å²) in [7, 11) is 0. The highest BCUT2D eigenvalue weighted by atomic mass is 16.5. The van der Waals surface area contributed by atoms with Gasteiger partial charge in [0.1, 0.15) is 17.9 Å². The summed E-state index contributed by atoms with van der Waals surface area (Å²) in [4.78, 5) is 30.4. The molecule has 28 heavy (non-hydrogen) atoms. The van der Waals surface area contributed by atoms with Crippen molar-refractivity contribution in [3.05, 3.63) is 47.7 Å². The topological polar surface area (TPSA) is 71.5 Å². The number of likely N-dealkylation sites (tertiary alicyclic amines) is 1. The lowest BCUT2D eigenvalue weighted by atomic mass is 10.0. The number of amides is 2. The van der Waals surface area contributed by atoms with Crippen LogP contribution in [0, 0.1) is 6.92 Å². The lowest BCUT2D eigenvalue weighted by molar-refractivity contribution is -0.137. The van der Waals surface area contributed by atoms with Gasteiger partial charge in [0.25, 0.3) is 0 Å². The van der Waals surface area contributed by atoms with Gasteiger partial charge in [-0.2, -0.15) is 0 Å². The van der Waals surface area contributed by atoms with E-state index >= 15 is 0 Å². The lowest BCUT2D eigenvalue weighted by Crippen LogP contribution is -2.47. The normalized spacial score (nSPS) is 20.6. The Morgan fingerprint density at radius 1 is 1.29 bits per heavy atom. The number of hydrogen-bond acceptors (Lipinski definition) is 4. The summed E-state index contributed by atoms with van der Waals surface area (Å²) in [6.07, 6.45) is 4.08. The smallest absolute Gasteiger partial charge is 0.242 e. The zero-order valence-corrected chi connectivity index (χ0v) is 16.3. The minimum absolute atomic E-state index is 0.0441. The van der Waals surface area contributed by atoms with E-state index in [0.717, 1.165) is 47.4 Å². The molecule has 3 heterocycles. The molecule has 1 aromatic carbocycles. The average molecular weight is 379 g/mol. The monoisotopic (exact) mass is 379 g/mol. The molecule has 0 spiro atoms. The van der Waals surface area contributed by atoms with Crippen molar-refractivity contribution in [1.29, 1.82) is 0 Å². The summed E-state index contributed by atoms with van der Waals surface area (Å²) in [6, 6.07) is 9.78. The van der Waals surface area contributed by atoms with Crippen LogP contribution in [-0.4, -0.2) is 46.9 Å². The molecule has 6 nitrogen and oxygen atoms in total. The van der Waals surface area contributed by atoms with Gasteiger partial charge in [-0.25, -0.2) is 0 Å². The fourth-order valence-electron chi connectivity index (χ4n) is 4.03. The van der Waals surface area contributed by atoms with E-state index in [0.29, 0.717) is 13.1 Å². The first-order valence-corrected chi connectivity index (χ1v) is 9.79. The van der Waals surface area contributed by atoms with E-state index in [9.17, 15) is 9.59 Å². The van der Waals surface area contributed by atoms with Gasteiger partial charge in [-0.05, 0) is 43.0 Å². The van der Waals surface area contributed by atoms with Crippen LogP contribution in [0.4, 0.5) is 0 Å². The predicted octanol–water partition coefficient (Wildman–Crippen LogP) is 2.49. The van der Waals surface area contributed by atoms with Crippen LogP contribution in [0.1, 0.15) is 30.9 Å². The molecule has 0 saturated carbocycles. The van der Waals surface area contributed by atoms with Crippen LogP contribution >= 0.6 is 0 Å². The number of aromatic nitrogens is 1. The average Bonchev–Trinajstić information content (AvgIpc) is 3.33. The molecule has 1 fully saturated rings. The summed E-state index contributed by atoms with van der Waals surface area (Å²) in [5.41, 5.74) is 4.11. The maximum atomic E-state index is 12.5. The summed E-state index contributed by atoms with van der Waals surface area (Å²) >= 11 is 0. The summed E-state index contributed by atoms with van der Waals surface area (Å²) in [6.45, 7) is 4.62. The molecule has 0 bridgehead atoms. The van der Waals surface area contributed by atoms with Crippen molar-refractivity contribution in [3.8, 4) is 17.0 Å². The molecule has 2 aliphatic heterocycles.